The van der Waals surface area contributed by atoms with Gasteiger partial charge in [-0.1, -0.05) is 48.5 Å². The van der Waals surface area contributed by atoms with Crippen LogP contribution in [0.15, 0.2) is 96.7 Å². The lowest BCUT2D eigenvalue weighted by molar-refractivity contribution is -0.114. The lowest BCUT2D eigenvalue weighted by Gasteiger charge is -2.25. The van der Waals surface area contributed by atoms with E-state index in [-0.39, 0.29) is 11.9 Å². The third-order valence-electron chi connectivity index (χ3n) is 4.67. The molecule has 4 rings (SSSR count). The highest BCUT2D eigenvalue weighted by Crippen LogP contribution is 2.36. The van der Waals surface area contributed by atoms with E-state index in [0.29, 0.717) is 12.3 Å². The van der Waals surface area contributed by atoms with E-state index in [0.717, 1.165) is 22.7 Å². The van der Waals surface area contributed by atoms with Gasteiger partial charge in [0.1, 0.15) is 11.4 Å². The maximum atomic E-state index is 13.2. The molecule has 140 valence electrons. The van der Waals surface area contributed by atoms with Gasteiger partial charge in [0.05, 0.1) is 12.6 Å². The Morgan fingerprint density at radius 1 is 0.893 bits per heavy atom. The fourth-order valence-corrected chi connectivity index (χ4v) is 3.37. The van der Waals surface area contributed by atoms with E-state index in [1.807, 2.05) is 103 Å². The number of nitrogens with one attached hydrogen (secondary N) is 1. The molecule has 1 aliphatic heterocycles. The summed E-state index contributed by atoms with van der Waals surface area (Å²) in [7, 11) is 0. The van der Waals surface area contributed by atoms with Gasteiger partial charge in [-0.15, -0.1) is 0 Å². The number of hydrogen-bond donors (Lipinski definition) is 1. The van der Waals surface area contributed by atoms with Crippen molar-refractivity contribution >= 4 is 17.3 Å². The molecule has 3 aromatic rings. The Morgan fingerprint density at radius 2 is 1.54 bits per heavy atom. The lowest BCUT2D eigenvalue weighted by Crippen LogP contribution is -2.30. The van der Waals surface area contributed by atoms with Crippen molar-refractivity contribution in [2.75, 3.05) is 16.8 Å². The topological polar surface area (TPSA) is 41.6 Å². The number of carbonyl (C=O) groups is 1. The zero-order valence-corrected chi connectivity index (χ0v) is 15.7. The summed E-state index contributed by atoms with van der Waals surface area (Å²) in [5.41, 5.74) is 3.37. The Kier molecular flexibility index (Phi) is 5.11. The fraction of sp³-hybridized carbons (Fsp3) is 0.125. The number of hydrogen-bond acceptors (Lipinski definition) is 3. The van der Waals surface area contributed by atoms with Crippen molar-refractivity contribution in [2.45, 2.75) is 13.0 Å². The summed E-state index contributed by atoms with van der Waals surface area (Å²) in [4.78, 5) is 15.1. The van der Waals surface area contributed by atoms with Gasteiger partial charge in [0.25, 0.3) is 5.91 Å². The van der Waals surface area contributed by atoms with Crippen LogP contribution < -0.4 is 15.0 Å². The third kappa shape index (κ3) is 3.62. The van der Waals surface area contributed by atoms with Gasteiger partial charge in [-0.3, -0.25) is 9.69 Å². The second kappa shape index (κ2) is 8.01. The van der Waals surface area contributed by atoms with Crippen molar-refractivity contribution in [3.8, 4) is 5.75 Å². The summed E-state index contributed by atoms with van der Waals surface area (Å²) in [5.74, 6) is 0.780. The Bertz CT molecular complexity index is 967. The number of ether oxygens (including phenoxy) is 1. The van der Waals surface area contributed by atoms with E-state index < -0.39 is 0 Å². The van der Waals surface area contributed by atoms with Crippen molar-refractivity contribution in [3.05, 3.63) is 102 Å². The summed E-state index contributed by atoms with van der Waals surface area (Å²) in [5, 5.41) is 3.27. The van der Waals surface area contributed by atoms with Crippen molar-refractivity contribution < 1.29 is 9.53 Å². The number of rotatable bonds is 6. The summed E-state index contributed by atoms with van der Waals surface area (Å²) < 4.78 is 5.55. The summed E-state index contributed by atoms with van der Waals surface area (Å²) in [6, 6.07) is 27.2. The van der Waals surface area contributed by atoms with Gasteiger partial charge < -0.3 is 10.1 Å². The maximum Gasteiger partial charge on any atom is 0.275 e. The average Bonchev–Trinajstić information content (AvgIpc) is 3.06. The number of carbonyl (C=O) groups excluding carboxylic acids is 1. The average molecular weight is 370 g/mol. The highest BCUT2D eigenvalue weighted by molar-refractivity contribution is 6.11. The second-order valence-electron chi connectivity index (χ2n) is 6.53. The minimum absolute atomic E-state index is 0.0473. The van der Waals surface area contributed by atoms with E-state index in [2.05, 4.69) is 5.32 Å². The van der Waals surface area contributed by atoms with Crippen LogP contribution in [0.25, 0.3) is 0 Å². The summed E-state index contributed by atoms with van der Waals surface area (Å²) >= 11 is 0. The van der Waals surface area contributed by atoms with Crippen molar-refractivity contribution in [1.82, 2.24) is 0 Å². The fourth-order valence-electron chi connectivity index (χ4n) is 3.37. The monoisotopic (exact) mass is 370 g/mol. The number of benzene rings is 3. The standard InChI is InChI=1S/C24H22N2O2/c1-2-28-21-15-13-18(14-16-21)23-17-22(25-19-9-5-3-6-10-19)24(27)26(23)20-11-7-4-8-12-20/h3-17,23,25H,2H2,1H3/t23-/m1/s1. The molecule has 0 spiro atoms. The van der Waals surface area contributed by atoms with Gasteiger partial charge in [-0.2, -0.15) is 0 Å². The summed E-state index contributed by atoms with van der Waals surface area (Å²) in [6.07, 6.45) is 1.98. The van der Waals surface area contributed by atoms with E-state index in [1.165, 1.54) is 0 Å². The molecule has 1 aliphatic rings. The van der Waals surface area contributed by atoms with Crippen LogP contribution >= 0.6 is 0 Å². The number of nitrogens with zero attached hydrogens (tertiary/aromatic N) is 1. The van der Waals surface area contributed by atoms with E-state index >= 15 is 0 Å². The third-order valence-corrected chi connectivity index (χ3v) is 4.67. The quantitative estimate of drug-likeness (QED) is 0.651. The van der Waals surface area contributed by atoms with Crippen LogP contribution in [-0.4, -0.2) is 12.5 Å². The first-order chi connectivity index (χ1) is 13.8. The van der Waals surface area contributed by atoms with Crippen LogP contribution in [0.1, 0.15) is 18.5 Å². The molecule has 0 aromatic heterocycles. The molecule has 4 nitrogen and oxygen atoms in total. The summed E-state index contributed by atoms with van der Waals surface area (Å²) in [6.45, 7) is 2.59. The first-order valence-corrected chi connectivity index (χ1v) is 9.41. The maximum absolute atomic E-state index is 13.2. The predicted octanol–water partition coefficient (Wildman–Crippen LogP) is 5.17. The van der Waals surface area contributed by atoms with Crippen LogP contribution in [0.5, 0.6) is 5.75 Å². The highest BCUT2D eigenvalue weighted by atomic mass is 16.5. The Morgan fingerprint density at radius 3 is 2.18 bits per heavy atom. The molecule has 0 fully saturated rings. The van der Waals surface area contributed by atoms with Crippen molar-refractivity contribution in [1.29, 1.82) is 0 Å². The molecule has 1 heterocycles. The molecule has 1 N–H and O–H groups in total. The van der Waals surface area contributed by atoms with Crippen LogP contribution in [0.3, 0.4) is 0 Å². The molecule has 0 saturated heterocycles. The number of amides is 1. The SMILES string of the molecule is CCOc1ccc([C@H]2C=C(Nc3ccccc3)C(=O)N2c2ccccc2)cc1. The molecule has 0 radical (unpaired) electrons. The van der Waals surface area contributed by atoms with E-state index in [9.17, 15) is 4.79 Å². The minimum Gasteiger partial charge on any atom is -0.494 e. The molecule has 3 aromatic carbocycles. The van der Waals surface area contributed by atoms with E-state index in [1.54, 1.807) is 0 Å². The Hall–Kier alpha value is -3.53. The van der Waals surface area contributed by atoms with Crippen LogP contribution in [0, 0.1) is 0 Å². The highest BCUT2D eigenvalue weighted by Gasteiger charge is 2.34. The molecule has 1 atom stereocenters. The first-order valence-electron chi connectivity index (χ1n) is 9.41. The predicted molar refractivity (Wildman–Crippen MR) is 112 cm³/mol. The molecule has 0 unspecified atom stereocenters. The zero-order valence-electron chi connectivity index (χ0n) is 15.7. The van der Waals surface area contributed by atoms with E-state index in [4.69, 9.17) is 4.74 Å². The van der Waals surface area contributed by atoms with Crippen LogP contribution in [0.2, 0.25) is 0 Å². The van der Waals surface area contributed by atoms with Gasteiger partial charge in [-0.25, -0.2) is 0 Å². The van der Waals surface area contributed by atoms with Gasteiger partial charge in [0.2, 0.25) is 0 Å². The molecule has 1 amide bonds. The van der Waals surface area contributed by atoms with Gasteiger partial charge in [-0.05, 0) is 55.0 Å². The van der Waals surface area contributed by atoms with Crippen LogP contribution in [-0.2, 0) is 4.79 Å². The zero-order chi connectivity index (χ0) is 19.3. The van der Waals surface area contributed by atoms with Gasteiger partial charge in [0, 0.05) is 11.4 Å². The number of para-hydroxylation sites is 2. The second-order valence-corrected chi connectivity index (χ2v) is 6.53. The van der Waals surface area contributed by atoms with Crippen molar-refractivity contribution in [3.63, 3.8) is 0 Å². The number of anilines is 2. The minimum atomic E-state index is -0.184. The molecule has 0 bridgehead atoms. The van der Waals surface area contributed by atoms with Gasteiger partial charge in [0.15, 0.2) is 0 Å². The molecule has 4 heteroatoms. The lowest BCUT2D eigenvalue weighted by atomic mass is 10.1. The molecular weight excluding hydrogens is 348 g/mol. The molecule has 0 saturated carbocycles. The normalized spacial score (nSPS) is 16.0. The smallest absolute Gasteiger partial charge is 0.275 e. The largest absolute Gasteiger partial charge is 0.494 e. The Balaban J connectivity index is 1.69. The van der Waals surface area contributed by atoms with Gasteiger partial charge >= 0.3 is 0 Å². The molecular formula is C24H22N2O2. The Labute approximate surface area is 165 Å². The molecule has 0 aliphatic carbocycles. The van der Waals surface area contributed by atoms with Crippen molar-refractivity contribution in [2.24, 2.45) is 0 Å². The first kappa shape index (κ1) is 17.9. The molecule has 28 heavy (non-hydrogen) atoms. The van der Waals surface area contributed by atoms with Crippen LogP contribution in [0.4, 0.5) is 11.4 Å².